The first kappa shape index (κ1) is 8.82. The summed E-state index contributed by atoms with van der Waals surface area (Å²) in [4.78, 5) is 7.91. The van der Waals surface area contributed by atoms with Crippen molar-refractivity contribution < 1.29 is 0 Å². The van der Waals surface area contributed by atoms with Gasteiger partial charge in [-0.2, -0.15) is 0 Å². The van der Waals surface area contributed by atoms with Crippen LogP contribution >= 0.6 is 0 Å². The third kappa shape index (κ3) is 1.18. The van der Waals surface area contributed by atoms with E-state index in [-0.39, 0.29) is 6.17 Å². The molecule has 0 saturated carbocycles. The van der Waals surface area contributed by atoms with E-state index in [1.165, 1.54) is 6.33 Å². The fourth-order valence-electron chi connectivity index (χ4n) is 1.16. The number of nitrogens with one attached hydrogen (secondary N) is 1. The Morgan fingerprint density at radius 3 is 3.00 bits per heavy atom. The van der Waals surface area contributed by atoms with Crippen LogP contribution in [0.5, 0.6) is 0 Å². The third-order valence-corrected chi connectivity index (χ3v) is 2.07. The maximum Gasteiger partial charge on any atom is 0.185 e. The summed E-state index contributed by atoms with van der Waals surface area (Å²) in [6.45, 7) is 1.95. The van der Waals surface area contributed by atoms with Gasteiger partial charge in [0.05, 0.1) is 0 Å². The zero-order valence-corrected chi connectivity index (χ0v) is 7.97. The summed E-state index contributed by atoms with van der Waals surface area (Å²) >= 11 is 0. The second-order valence-electron chi connectivity index (χ2n) is 2.93. The minimum atomic E-state index is 0.0225. The predicted octanol–water partition coefficient (Wildman–Crippen LogP) is -0.459. The highest BCUT2D eigenvalue weighted by molar-refractivity contribution is 5.80. The second kappa shape index (κ2) is 3.18. The molecule has 0 amide bonds. The molecule has 2 rings (SSSR count). The normalized spacial score (nSPS) is 13.3. The van der Waals surface area contributed by atoms with Crippen molar-refractivity contribution in [3.63, 3.8) is 0 Å². The Bertz CT molecular complexity index is 448. The highest BCUT2D eigenvalue weighted by Gasteiger charge is 2.12. The van der Waals surface area contributed by atoms with Gasteiger partial charge in [-0.25, -0.2) is 14.6 Å². The Hall–Kier alpha value is -1.76. The van der Waals surface area contributed by atoms with E-state index < -0.39 is 0 Å². The van der Waals surface area contributed by atoms with Gasteiger partial charge in [-0.1, -0.05) is 5.21 Å². The second-order valence-corrected chi connectivity index (χ2v) is 2.93. The van der Waals surface area contributed by atoms with E-state index >= 15 is 0 Å². The molecule has 0 aliphatic rings. The van der Waals surface area contributed by atoms with E-state index in [4.69, 9.17) is 5.73 Å². The van der Waals surface area contributed by atoms with Crippen molar-refractivity contribution in [2.24, 2.45) is 0 Å². The molecule has 14 heavy (non-hydrogen) atoms. The van der Waals surface area contributed by atoms with Gasteiger partial charge in [0.1, 0.15) is 12.5 Å². The van der Waals surface area contributed by atoms with Crippen LogP contribution in [0.4, 0.5) is 5.82 Å². The number of anilines is 1. The van der Waals surface area contributed by atoms with Crippen molar-refractivity contribution in [3.05, 3.63) is 6.33 Å². The molecule has 0 aliphatic heterocycles. The minimum absolute atomic E-state index is 0.0225. The van der Waals surface area contributed by atoms with Gasteiger partial charge in [0, 0.05) is 0 Å². The molecule has 0 aliphatic carbocycles. The SMILES string of the molecule is CNC(C)n1nnc2c(N)ncnc21. The lowest BCUT2D eigenvalue weighted by molar-refractivity contribution is 0.431. The van der Waals surface area contributed by atoms with Gasteiger partial charge in [-0.15, -0.1) is 5.10 Å². The van der Waals surface area contributed by atoms with E-state index in [1.54, 1.807) is 4.68 Å². The van der Waals surface area contributed by atoms with Crippen LogP contribution in [0.25, 0.3) is 11.2 Å². The highest BCUT2D eigenvalue weighted by Crippen LogP contribution is 2.14. The molecule has 0 radical (unpaired) electrons. The molecule has 74 valence electrons. The van der Waals surface area contributed by atoms with Gasteiger partial charge < -0.3 is 5.73 Å². The summed E-state index contributed by atoms with van der Waals surface area (Å²) in [5.41, 5.74) is 6.80. The molecule has 1 atom stereocenters. The van der Waals surface area contributed by atoms with E-state index in [0.29, 0.717) is 17.0 Å². The number of fused-ring (bicyclic) bond motifs is 1. The van der Waals surface area contributed by atoms with Crippen molar-refractivity contribution in [1.29, 1.82) is 0 Å². The van der Waals surface area contributed by atoms with Crippen molar-refractivity contribution in [2.45, 2.75) is 13.1 Å². The van der Waals surface area contributed by atoms with E-state index in [9.17, 15) is 0 Å². The van der Waals surface area contributed by atoms with Gasteiger partial charge >= 0.3 is 0 Å². The van der Waals surface area contributed by atoms with Crippen molar-refractivity contribution in [2.75, 3.05) is 12.8 Å². The smallest absolute Gasteiger partial charge is 0.185 e. The maximum atomic E-state index is 5.62. The van der Waals surface area contributed by atoms with Crippen molar-refractivity contribution in [1.82, 2.24) is 30.3 Å². The first-order valence-corrected chi connectivity index (χ1v) is 4.22. The molecular weight excluding hydrogens is 182 g/mol. The van der Waals surface area contributed by atoms with Gasteiger partial charge in [0.25, 0.3) is 0 Å². The molecule has 0 aromatic carbocycles. The molecule has 0 saturated heterocycles. The van der Waals surface area contributed by atoms with Crippen LogP contribution in [-0.4, -0.2) is 32.0 Å². The zero-order valence-electron chi connectivity index (χ0n) is 7.97. The number of rotatable bonds is 2. The summed E-state index contributed by atoms with van der Waals surface area (Å²) in [5.74, 6) is 0.351. The molecule has 2 heterocycles. The van der Waals surface area contributed by atoms with E-state index in [1.807, 2.05) is 14.0 Å². The lowest BCUT2D eigenvalue weighted by Gasteiger charge is -2.09. The lowest BCUT2D eigenvalue weighted by Crippen LogP contribution is -2.21. The molecule has 2 aromatic heterocycles. The van der Waals surface area contributed by atoms with Crippen LogP contribution in [-0.2, 0) is 0 Å². The number of nitrogens with two attached hydrogens (primary N) is 1. The summed E-state index contributed by atoms with van der Waals surface area (Å²) in [7, 11) is 1.84. The average molecular weight is 193 g/mol. The fourth-order valence-corrected chi connectivity index (χ4v) is 1.16. The van der Waals surface area contributed by atoms with Crippen LogP contribution in [0.3, 0.4) is 0 Å². The van der Waals surface area contributed by atoms with Crippen LogP contribution in [0.1, 0.15) is 13.1 Å². The van der Waals surface area contributed by atoms with Crippen LogP contribution in [0.15, 0.2) is 6.33 Å². The van der Waals surface area contributed by atoms with Crippen LogP contribution in [0, 0.1) is 0 Å². The highest BCUT2D eigenvalue weighted by atomic mass is 15.5. The third-order valence-electron chi connectivity index (χ3n) is 2.07. The Balaban J connectivity index is 2.63. The number of nitrogen functional groups attached to an aromatic ring is 1. The van der Waals surface area contributed by atoms with E-state index in [2.05, 4.69) is 25.6 Å². The number of hydrogen-bond acceptors (Lipinski definition) is 6. The lowest BCUT2D eigenvalue weighted by atomic mass is 10.5. The van der Waals surface area contributed by atoms with E-state index in [0.717, 1.165) is 0 Å². The zero-order chi connectivity index (χ0) is 10.1. The molecule has 0 fully saturated rings. The summed E-state index contributed by atoms with van der Waals surface area (Å²) in [6, 6.07) is 0. The summed E-state index contributed by atoms with van der Waals surface area (Å²) in [5, 5.41) is 10.9. The molecule has 1 unspecified atom stereocenters. The van der Waals surface area contributed by atoms with Crippen LogP contribution < -0.4 is 11.1 Å². The van der Waals surface area contributed by atoms with Crippen molar-refractivity contribution in [3.8, 4) is 0 Å². The first-order valence-electron chi connectivity index (χ1n) is 4.22. The van der Waals surface area contributed by atoms with Gasteiger partial charge in [-0.3, -0.25) is 5.32 Å². The van der Waals surface area contributed by atoms with Crippen molar-refractivity contribution >= 4 is 17.0 Å². The quantitative estimate of drug-likeness (QED) is 0.670. The maximum absolute atomic E-state index is 5.62. The standard InChI is InChI=1S/C7H11N7/c1-4(9-2)14-7-5(12-13-14)6(8)10-3-11-7/h3-4,9H,1-2H3,(H2,8,10,11). The molecule has 0 bridgehead atoms. The first-order chi connectivity index (χ1) is 6.74. The Labute approximate surface area is 80.3 Å². The monoisotopic (exact) mass is 193 g/mol. The Kier molecular flexibility index (Phi) is 2.01. The fraction of sp³-hybridized carbons (Fsp3) is 0.429. The molecule has 0 spiro atoms. The van der Waals surface area contributed by atoms with Gasteiger partial charge in [-0.05, 0) is 14.0 Å². The predicted molar refractivity (Wildman–Crippen MR) is 51.3 cm³/mol. The Morgan fingerprint density at radius 1 is 1.50 bits per heavy atom. The van der Waals surface area contributed by atoms with Gasteiger partial charge in [0.2, 0.25) is 0 Å². The Morgan fingerprint density at radius 2 is 2.29 bits per heavy atom. The summed E-state index contributed by atoms with van der Waals surface area (Å²) < 4.78 is 1.66. The van der Waals surface area contributed by atoms with Gasteiger partial charge in [0.15, 0.2) is 17.0 Å². The summed E-state index contributed by atoms with van der Waals surface area (Å²) in [6.07, 6.45) is 1.43. The average Bonchev–Trinajstić information content (AvgIpc) is 2.62. The number of aromatic nitrogens is 5. The largest absolute Gasteiger partial charge is 0.382 e. The molecule has 3 N–H and O–H groups in total. The topological polar surface area (TPSA) is 94.5 Å². The minimum Gasteiger partial charge on any atom is -0.382 e. The molecule has 2 aromatic rings. The molecule has 7 nitrogen and oxygen atoms in total. The number of hydrogen-bond donors (Lipinski definition) is 2. The molecule has 7 heteroatoms. The molecular formula is C7H11N7. The van der Waals surface area contributed by atoms with Crippen LogP contribution in [0.2, 0.25) is 0 Å². The number of nitrogens with zero attached hydrogens (tertiary/aromatic N) is 5.